The quantitative estimate of drug-likeness (QED) is 0.468. The third-order valence-corrected chi connectivity index (χ3v) is 0. The second-order valence-corrected chi connectivity index (χ2v) is 0. The molecular weight excluding hydrogens is 201 g/mol. The van der Waals surface area contributed by atoms with E-state index in [9.17, 15) is 0 Å². The monoisotopic (exact) mass is 202 g/mol. The molecular formula is CdMgS2. The van der Waals surface area contributed by atoms with Crippen molar-refractivity contribution in [3.63, 3.8) is 0 Å². The Morgan fingerprint density at radius 3 is 0.750 bits per heavy atom. The van der Waals surface area contributed by atoms with E-state index >= 15 is 0 Å². The summed E-state index contributed by atoms with van der Waals surface area (Å²) in [7, 11) is 0. The van der Waals surface area contributed by atoms with E-state index in [1.165, 1.54) is 0 Å². The van der Waals surface area contributed by atoms with Gasteiger partial charge in [0.15, 0.2) is 0 Å². The van der Waals surface area contributed by atoms with Crippen molar-refractivity contribution >= 4 is 50.0 Å². The van der Waals surface area contributed by atoms with Crippen LogP contribution in [0.2, 0.25) is 0 Å². The van der Waals surface area contributed by atoms with Crippen LogP contribution in [-0.2, 0) is 54.3 Å². The first-order chi connectivity index (χ1) is 0. The van der Waals surface area contributed by atoms with E-state index in [1.54, 1.807) is 0 Å². The molecule has 0 aliphatic rings. The van der Waals surface area contributed by atoms with Gasteiger partial charge in [-0.3, -0.25) is 0 Å². The van der Waals surface area contributed by atoms with E-state index < -0.39 is 0 Å². The van der Waals surface area contributed by atoms with E-state index in [0.29, 0.717) is 0 Å². The zero-order chi connectivity index (χ0) is 0. The summed E-state index contributed by atoms with van der Waals surface area (Å²) in [5.41, 5.74) is 0. The standard InChI is InChI=1S/Cd.Mg.2S/q2*+2;2*-2. The van der Waals surface area contributed by atoms with Crippen LogP contribution >= 0.6 is 0 Å². The van der Waals surface area contributed by atoms with Crippen molar-refractivity contribution in [2.75, 3.05) is 0 Å². The fourth-order valence-electron chi connectivity index (χ4n) is 0. The summed E-state index contributed by atoms with van der Waals surface area (Å²) in [5.74, 6) is 0. The maximum Gasteiger partial charge on any atom is 2.00 e. The van der Waals surface area contributed by atoms with Crippen LogP contribution in [-0.4, -0.2) is 23.1 Å². The molecule has 16 valence electrons. The Bertz CT molecular complexity index is 6.00. The normalized spacial score (nSPS) is 0. The summed E-state index contributed by atoms with van der Waals surface area (Å²) >= 11 is 0. The molecule has 0 saturated carbocycles. The van der Waals surface area contributed by atoms with Gasteiger partial charge in [0.05, 0.1) is 0 Å². The van der Waals surface area contributed by atoms with Crippen LogP contribution < -0.4 is 0 Å². The van der Waals surface area contributed by atoms with Gasteiger partial charge >= 0.3 is 50.4 Å². The Morgan fingerprint density at radius 1 is 0.750 bits per heavy atom. The Labute approximate surface area is 76.3 Å². The minimum atomic E-state index is 0. The summed E-state index contributed by atoms with van der Waals surface area (Å²) in [6.07, 6.45) is 0. The zero-order valence-electron chi connectivity index (χ0n) is 2.23. The third-order valence-electron chi connectivity index (χ3n) is 0. The maximum absolute atomic E-state index is 0. The number of hydrogen-bond donors (Lipinski definition) is 0. The Morgan fingerprint density at radius 2 is 0.750 bits per heavy atom. The molecule has 0 heterocycles. The van der Waals surface area contributed by atoms with Gasteiger partial charge in [0.1, 0.15) is 0 Å². The van der Waals surface area contributed by atoms with Crippen LogP contribution in [0.1, 0.15) is 0 Å². The predicted molar refractivity (Wildman–Crippen MR) is 20.5 cm³/mol. The first kappa shape index (κ1) is 32.5. The van der Waals surface area contributed by atoms with Gasteiger partial charge in [-0.25, -0.2) is 0 Å². The maximum atomic E-state index is 0. The molecule has 0 saturated heterocycles. The van der Waals surface area contributed by atoms with E-state index in [-0.39, 0.29) is 77.3 Å². The average molecular weight is 201 g/mol. The van der Waals surface area contributed by atoms with Gasteiger partial charge in [-0.1, -0.05) is 0 Å². The van der Waals surface area contributed by atoms with E-state index in [0.717, 1.165) is 0 Å². The van der Waals surface area contributed by atoms with Crippen molar-refractivity contribution in [1.82, 2.24) is 0 Å². The summed E-state index contributed by atoms with van der Waals surface area (Å²) in [5, 5.41) is 0. The topological polar surface area (TPSA) is 0 Å². The molecule has 0 aromatic rings. The van der Waals surface area contributed by atoms with Crippen molar-refractivity contribution in [1.29, 1.82) is 0 Å². The summed E-state index contributed by atoms with van der Waals surface area (Å²) in [4.78, 5) is 0. The molecule has 0 bridgehead atoms. The Balaban J connectivity index is 0. The number of hydrogen-bond acceptors (Lipinski definition) is 0. The second-order valence-electron chi connectivity index (χ2n) is 0. The molecule has 0 amide bonds. The van der Waals surface area contributed by atoms with Crippen LogP contribution in [0.3, 0.4) is 0 Å². The Hall–Kier alpha value is 2.39. The molecule has 0 unspecified atom stereocenters. The molecule has 4 heteroatoms. The molecule has 0 spiro atoms. The third kappa shape index (κ3) is 8.83. The van der Waals surface area contributed by atoms with Crippen LogP contribution in [0.5, 0.6) is 0 Å². The molecule has 0 aromatic heterocycles. The smallest absolute Gasteiger partial charge is 2.00 e. The zero-order valence-corrected chi connectivity index (χ0v) is 9.31. The van der Waals surface area contributed by atoms with E-state index in [1.807, 2.05) is 0 Å². The molecule has 0 fully saturated rings. The molecule has 0 N–H and O–H groups in total. The van der Waals surface area contributed by atoms with Crippen LogP contribution in [0, 0.1) is 0 Å². The van der Waals surface area contributed by atoms with Crippen molar-refractivity contribution < 1.29 is 27.3 Å². The second kappa shape index (κ2) is 18.2. The van der Waals surface area contributed by atoms with Crippen molar-refractivity contribution in [2.45, 2.75) is 0 Å². The Kier molecular flexibility index (Phi) is 148. The average Bonchev–Trinajstić information content (AvgIpc) is 0. The molecule has 0 radical (unpaired) electrons. The SMILES string of the molecule is [Cd+2].[Mg+2].[S-2].[S-2]. The van der Waals surface area contributed by atoms with Crippen molar-refractivity contribution in [3.8, 4) is 0 Å². The van der Waals surface area contributed by atoms with Crippen LogP contribution in [0.25, 0.3) is 0 Å². The fraction of sp³-hybridized carbons (Fsp3) is 0. The predicted octanol–water partition coefficient (Wildman–Crippen LogP) is -0.388. The molecule has 0 rings (SSSR count). The molecule has 4 heavy (non-hydrogen) atoms. The van der Waals surface area contributed by atoms with Crippen molar-refractivity contribution in [3.05, 3.63) is 0 Å². The van der Waals surface area contributed by atoms with Crippen molar-refractivity contribution in [2.24, 2.45) is 0 Å². The summed E-state index contributed by atoms with van der Waals surface area (Å²) in [6.45, 7) is 0. The summed E-state index contributed by atoms with van der Waals surface area (Å²) < 4.78 is 0. The number of rotatable bonds is 0. The molecule has 0 aliphatic carbocycles. The molecule has 0 nitrogen and oxygen atoms in total. The van der Waals surface area contributed by atoms with Gasteiger partial charge in [0, 0.05) is 0 Å². The van der Waals surface area contributed by atoms with Gasteiger partial charge in [0.2, 0.25) is 0 Å². The van der Waals surface area contributed by atoms with Gasteiger partial charge < -0.3 is 27.0 Å². The molecule has 0 atom stereocenters. The first-order valence-corrected chi connectivity index (χ1v) is 0. The van der Waals surface area contributed by atoms with Gasteiger partial charge in [-0.05, 0) is 0 Å². The van der Waals surface area contributed by atoms with E-state index in [2.05, 4.69) is 0 Å². The van der Waals surface area contributed by atoms with Crippen LogP contribution in [0.15, 0.2) is 0 Å². The fourth-order valence-corrected chi connectivity index (χ4v) is 0. The molecule has 0 aliphatic heterocycles. The first-order valence-electron chi connectivity index (χ1n) is 0. The van der Waals surface area contributed by atoms with Gasteiger partial charge in [-0.15, -0.1) is 0 Å². The van der Waals surface area contributed by atoms with E-state index in [4.69, 9.17) is 0 Å². The summed E-state index contributed by atoms with van der Waals surface area (Å²) in [6, 6.07) is 0. The minimum Gasteiger partial charge on any atom is -2.00 e. The minimum absolute atomic E-state index is 0. The largest absolute Gasteiger partial charge is 2.00 e. The van der Waals surface area contributed by atoms with Gasteiger partial charge in [0.25, 0.3) is 0 Å². The van der Waals surface area contributed by atoms with Gasteiger partial charge in [-0.2, -0.15) is 0 Å². The molecule has 0 aromatic carbocycles. The van der Waals surface area contributed by atoms with Crippen LogP contribution in [0.4, 0.5) is 0 Å².